The minimum absolute atomic E-state index is 0.156. The quantitative estimate of drug-likeness (QED) is 0.584. The molecular weight excluding hydrogens is 330 g/mol. The van der Waals surface area contributed by atoms with Crippen molar-refractivity contribution in [2.45, 2.75) is 0 Å². The van der Waals surface area contributed by atoms with E-state index in [4.69, 9.17) is 0 Å². The van der Waals surface area contributed by atoms with Crippen molar-refractivity contribution in [3.8, 4) is 0 Å². The first-order chi connectivity index (χ1) is 12.2. The summed E-state index contributed by atoms with van der Waals surface area (Å²) in [5, 5.41) is 13.0. The molecule has 124 valence electrons. The van der Waals surface area contributed by atoms with Crippen LogP contribution >= 0.6 is 0 Å². The molecule has 2 heterocycles. The number of hydrogen-bond donors (Lipinski definition) is 2. The maximum atomic E-state index is 13.9. The van der Waals surface area contributed by atoms with Gasteiger partial charge in [-0.25, -0.2) is 23.4 Å². The van der Waals surface area contributed by atoms with Gasteiger partial charge in [-0.15, -0.1) is 0 Å². The summed E-state index contributed by atoms with van der Waals surface area (Å²) in [7, 11) is 0. The number of hydrogen-bond acceptors (Lipinski definition) is 7. The number of rotatable bonds is 4. The van der Waals surface area contributed by atoms with Gasteiger partial charge in [-0.2, -0.15) is 0 Å². The molecular formula is C16H10F2N6O. The number of aromatic nitrogens is 4. The Hall–Kier alpha value is -3.62. The number of benzene rings is 2. The lowest BCUT2D eigenvalue weighted by atomic mass is 10.3. The molecule has 4 aromatic rings. The first-order valence-corrected chi connectivity index (χ1v) is 7.23. The molecule has 0 saturated heterocycles. The topological polar surface area (TPSA) is 88.8 Å². The van der Waals surface area contributed by atoms with Gasteiger partial charge in [0.1, 0.15) is 11.6 Å². The highest BCUT2D eigenvalue weighted by Crippen LogP contribution is 2.27. The number of para-hydroxylation sites is 1. The lowest BCUT2D eigenvalue weighted by molar-refractivity contribution is 0.314. The van der Waals surface area contributed by atoms with Crippen molar-refractivity contribution in [3.63, 3.8) is 0 Å². The maximum Gasteiger partial charge on any atom is 0.245 e. The van der Waals surface area contributed by atoms with Gasteiger partial charge >= 0.3 is 0 Å². The van der Waals surface area contributed by atoms with E-state index in [1.807, 2.05) is 0 Å². The smallest absolute Gasteiger partial charge is 0.245 e. The van der Waals surface area contributed by atoms with Crippen molar-refractivity contribution in [2.75, 3.05) is 10.6 Å². The van der Waals surface area contributed by atoms with Crippen LogP contribution in [0.25, 0.3) is 11.3 Å². The number of fused-ring (bicyclic) bond motifs is 1. The van der Waals surface area contributed by atoms with Crippen LogP contribution in [0.1, 0.15) is 0 Å². The zero-order valence-corrected chi connectivity index (χ0v) is 12.6. The third-order valence-electron chi connectivity index (χ3n) is 3.33. The summed E-state index contributed by atoms with van der Waals surface area (Å²) in [5.74, 6) is -0.459. The summed E-state index contributed by atoms with van der Waals surface area (Å²) in [4.78, 5) is 8.46. The van der Waals surface area contributed by atoms with Crippen LogP contribution in [-0.4, -0.2) is 20.3 Å². The molecule has 0 fully saturated rings. The number of nitrogens with one attached hydrogen (secondary N) is 2. The van der Waals surface area contributed by atoms with E-state index in [0.717, 1.165) is 0 Å². The molecule has 9 heteroatoms. The zero-order chi connectivity index (χ0) is 17.2. The Morgan fingerprint density at radius 2 is 1.52 bits per heavy atom. The maximum absolute atomic E-state index is 13.9. The Bertz CT molecular complexity index is 1050. The molecule has 7 nitrogen and oxygen atoms in total. The lowest BCUT2D eigenvalue weighted by Crippen LogP contribution is -2.04. The van der Waals surface area contributed by atoms with Gasteiger partial charge in [0.05, 0.1) is 5.69 Å². The molecule has 4 rings (SSSR count). The third-order valence-corrected chi connectivity index (χ3v) is 3.33. The molecule has 25 heavy (non-hydrogen) atoms. The van der Waals surface area contributed by atoms with Gasteiger partial charge in [0, 0.05) is 5.69 Å². The Labute approximate surface area is 139 Å². The van der Waals surface area contributed by atoms with Crippen LogP contribution in [0.3, 0.4) is 0 Å². The minimum atomic E-state index is -0.459. The van der Waals surface area contributed by atoms with Gasteiger partial charge in [-0.05, 0) is 40.6 Å². The summed E-state index contributed by atoms with van der Waals surface area (Å²) >= 11 is 0. The summed E-state index contributed by atoms with van der Waals surface area (Å²) < 4.78 is 31.9. The predicted molar refractivity (Wildman–Crippen MR) is 86.8 cm³/mol. The fraction of sp³-hybridized carbons (Fsp3) is 0. The molecule has 0 bridgehead atoms. The first kappa shape index (κ1) is 14.9. The van der Waals surface area contributed by atoms with E-state index >= 15 is 0 Å². The van der Waals surface area contributed by atoms with E-state index in [2.05, 4.69) is 35.5 Å². The van der Waals surface area contributed by atoms with Crippen molar-refractivity contribution in [2.24, 2.45) is 0 Å². The van der Waals surface area contributed by atoms with E-state index in [9.17, 15) is 8.78 Å². The van der Waals surface area contributed by atoms with Gasteiger partial charge in [-0.1, -0.05) is 18.2 Å². The molecule has 0 amide bonds. The van der Waals surface area contributed by atoms with E-state index in [1.54, 1.807) is 30.3 Å². The normalized spacial score (nSPS) is 10.8. The highest BCUT2D eigenvalue weighted by atomic mass is 19.1. The Balaban J connectivity index is 1.77. The van der Waals surface area contributed by atoms with Crippen LogP contribution in [0.5, 0.6) is 0 Å². The van der Waals surface area contributed by atoms with Gasteiger partial charge in [0.2, 0.25) is 11.3 Å². The molecule has 0 aliphatic heterocycles. The molecule has 0 atom stereocenters. The Morgan fingerprint density at radius 3 is 2.24 bits per heavy atom. The summed E-state index contributed by atoms with van der Waals surface area (Å²) in [5.41, 5.74) is 0.971. The fourth-order valence-electron chi connectivity index (χ4n) is 2.21. The minimum Gasteiger partial charge on any atom is -0.337 e. The van der Waals surface area contributed by atoms with Gasteiger partial charge in [0.25, 0.3) is 0 Å². The van der Waals surface area contributed by atoms with Gasteiger partial charge < -0.3 is 10.6 Å². The van der Waals surface area contributed by atoms with E-state index < -0.39 is 11.6 Å². The van der Waals surface area contributed by atoms with Crippen LogP contribution < -0.4 is 10.6 Å². The van der Waals surface area contributed by atoms with Gasteiger partial charge in [0.15, 0.2) is 11.6 Å². The van der Waals surface area contributed by atoms with Crippen LogP contribution in [0.2, 0.25) is 0 Å². The van der Waals surface area contributed by atoms with Crippen LogP contribution in [0, 0.1) is 11.6 Å². The van der Waals surface area contributed by atoms with Crippen LogP contribution in [0.4, 0.5) is 31.8 Å². The second-order valence-electron chi connectivity index (χ2n) is 5.07. The van der Waals surface area contributed by atoms with E-state index in [0.29, 0.717) is 5.69 Å². The Kier molecular flexibility index (Phi) is 3.65. The summed E-state index contributed by atoms with van der Waals surface area (Å²) in [6.45, 7) is 0. The third kappa shape index (κ3) is 3.07. The van der Waals surface area contributed by atoms with E-state index in [1.165, 1.54) is 18.2 Å². The van der Waals surface area contributed by atoms with Crippen molar-refractivity contribution in [3.05, 3.63) is 60.2 Å². The van der Waals surface area contributed by atoms with Crippen LogP contribution in [-0.2, 0) is 0 Å². The van der Waals surface area contributed by atoms with Crippen molar-refractivity contribution >= 4 is 34.3 Å². The monoisotopic (exact) mass is 340 g/mol. The highest BCUT2D eigenvalue weighted by molar-refractivity contribution is 5.79. The highest BCUT2D eigenvalue weighted by Gasteiger charge is 2.14. The molecule has 0 radical (unpaired) electrons. The first-order valence-electron chi connectivity index (χ1n) is 7.23. The molecule has 2 aromatic carbocycles. The summed E-state index contributed by atoms with van der Waals surface area (Å²) in [6, 6.07) is 11.9. The number of halogens is 2. The molecule has 2 N–H and O–H groups in total. The lowest BCUT2D eigenvalue weighted by Gasteiger charge is -2.12. The molecule has 0 saturated carbocycles. The Morgan fingerprint density at radius 1 is 0.800 bits per heavy atom. The number of nitrogens with zero attached hydrogens (tertiary/aromatic N) is 4. The average Bonchev–Trinajstić information content (AvgIpc) is 3.04. The number of anilines is 4. The zero-order valence-electron chi connectivity index (χ0n) is 12.6. The molecule has 0 spiro atoms. The second kappa shape index (κ2) is 6.11. The van der Waals surface area contributed by atoms with Crippen molar-refractivity contribution in [1.29, 1.82) is 0 Å². The standard InChI is InChI=1S/C16H10F2N6O/c17-9-4-3-5-10(8-9)19-13-14(20-12-7-2-1-6-11(12)18)22-16-15(21-13)23-25-24-16/h1-8H,(H,19,21,23)(H,20,22,24). The second-order valence-corrected chi connectivity index (χ2v) is 5.07. The van der Waals surface area contributed by atoms with E-state index in [-0.39, 0.29) is 28.6 Å². The van der Waals surface area contributed by atoms with Gasteiger partial charge in [-0.3, -0.25) is 0 Å². The average molecular weight is 340 g/mol. The van der Waals surface area contributed by atoms with Crippen LogP contribution in [0.15, 0.2) is 53.2 Å². The van der Waals surface area contributed by atoms with Crippen molar-refractivity contribution in [1.82, 2.24) is 20.3 Å². The molecule has 0 aliphatic carbocycles. The summed E-state index contributed by atoms with van der Waals surface area (Å²) in [6.07, 6.45) is 0. The molecule has 2 aromatic heterocycles. The largest absolute Gasteiger partial charge is 0.337 e. The SMILES string of the molecule is Fc1cccc(Nc2nc3nonc3nc2Nc2ccccc2F)c1. The van der Waals surface area contributed by atoms with Crippen molar-refractivity contribution < 1.29 is 13.4 Å². The molecule has 0 aliphatic rings. The predicted octanol–water partition coefficient (Wildman–Crippen LogP) is 3.78. The molecule has 0 unspecified atom stereocenters. The fourth-order valence-corrected chi connectivity index (χ4v) is 2.21.